The molecule has 0 radical (unpaired) electrons. The van der Waals surface area contributed by atoms with Crippen molar-refractivity contribution in [2.75, 3.05) is 5.75 Å². The first-order chi connectivity index (χ1) is 8.56. The highest BCUT2D eigenvalue weighted by Gasteiger charge is 2.11. The number of aliphatic carboxylic acids is 1. The largest absolute Gasteiger partial charge is 0.507 e. The zero-order valence-corrected chi connectivity index (χ0v) is 11.3. The maximum atomic E-state index is 10.4. The molecule has 6 nitrogen and oxygen atoms in total. The molecule has 1 heterocycles. The van der Waals surface area contributed by atoms with E-state index >= 15 is 0 Å². The molecular formula is C10H8BrN3O3S. The molecule has 0 atom stereocenters. The molecule has 0 unspecified atom stereocenters. The molecule has 0 bridgehead atoms. The lowest BCUT2D eigenvalue weighted by Crippen LogP contribution is -1.97. The maximum absolute atomic E-state index is 10.4. The number of nitrogens with zero attached hydrogens (tertiary/aromatic N) is 2. The Morgan fingerprint density at radius 1 is 1.50 bits per heavy atom. The Bertz CT molecular complexity index is 587. The van der Waals surface area contributed by atoms with Crippen molar-refractivity contribution in [3.05, 3.63) is 22.7 Å². The van der Waals surface area contributed by atoms with Gasteiger partial charge in [-0.1, -0.05) is 27.7 Å². The van der Waals surface area contributed by atoms with Crippen LogP contribution in [0.1, 0.15) is 0 Å². The molecule has 18 heavy (non-hydrogen) atoms. The second-order valence-electron chi connectivity index (χ2n) is 3.31. The van der Waals surface area contributed by atoms with Crippen LogP contribution in [0.4, 0.5) is 0 Å². The molecule has 1 aromatic heterocycles. The number of nitrogens with one attached hydrogen (secondary N) is 1. The highest BCUT2D eigenvalue weighted by molar-refractivity contribution is 9.10. The van der Waals surface area contributed by atoms with Gasteiger partial charge in [-0.05, 0) is 18.2 Å². The number of phenolic OH excluding ortho intramolecular Hbond substituents is 1. The summed E-state index contributed by atoms with van der Waals surface area (Å²) in [5.41, 5.74) is 0.507. The first-order valence-corrected chi connectivity index (χ1v) is 6.60. The minimum atomic E-state index is -0.933. The number of carboxylic acids is 1. The Morgan fingerprint density at radius 3 is 2.94 bits per heavy atom. The summed E-state index contributed by atoms with van der Waals surface area (Å²) < 4.78 is 0.753. The molecule has 0 amide bonds. The van der Waals surface area contributed by atoms with Crippen molar-refractivity contribution in [1.29, 1.82) is 0 Å². The van der Waals surface area contributed by atoms with Gasteiger partial charge in [-0.15, -0.1) is 5.10 Å². The molecule has 0 aliphatic carbocycles. The summed E-state index contributed by atoms with van der Waals surface area (Å²) in [4.78, 5) is 14.5. The first-order valence-electron chi connectivity index (χ1n) is 4.82. The van der Waals surface area contributed by atoms with Gasteiger partial charge in [-0.25, -0.2) is 4.98 Å². The number of aromatic hydroxyl groups is 1. The Morgan fingerprint density at radius 2 is 2.28 bits per heavy atom. The van der Waals surface area contributed by atoms with Crippen molar-refractivity contribution in [3.8, 4) is 17.1 Å². The fraction of sp³-hybridized carbons (Fsp3) is 0.100. The number of rotatable bonds is 4. The topological polar surface area (TPSA) is 99.1 Å². The Hall–Kier alpha value is -1.54. The number of carboxylic acid groups (broad SMARTS) is 1. The third-order valence-corrected chi connectivity index (χ3v) is 3.33. The SMILES string of the molecule is O=C(O)CSc1n[nH]c(-c2ccc(Br)cc2O)n1. The molecule has 1 aromatic carbocycles. The van der Waals surface area contributed by atoms with Gasteiger partial charge in [0.05, 0.1) is 11.3 Å². The number of hydrogen-bond donors (Lipinski definition) is 3. The number of hydrogen-bond acceptors (Lipinski definition) is 5. The van der Waals surface area contributed by atoms with Crippen molar-refractivity contribution in [1.82, 2.24) is 15.2 Å². The van der Waals surface area contributed by atoms with Crippen LogP contribution in [0, 0.1) is 0 Å². The average molecular weight is 330 g/mol. The van der Waals surface area contributed by atoms with Gasteiger partial charge in [0.1, 0.15) is 5.75 Å². The van der Waals surface area contributed by atoms with E-state index in [9.17, 15) is 9.90 Å². The van der Waals surface area contributed by atoms with Crippen LogP contribution in [0.2, 0.25) is 0 Å². The van der Waals surface area contributed by atoms with E-state index in [2.05, 4.69) is 31.1 Å². The van der Waals surface area contributed by atoms with E-state index < -0.39 is 5.97 Å². The van der Waals surface area contributed by atoms with Crippen molar-refractivity contribution in [2.24, 2.45) is 0 Å². The van der Waals surface area contributed by atoms with E-state index in [4.69, 9.17) is 5.11 Å². The van der Waals surface area contributed by atoms with Crippen LogP contribution in [0.25, 0.3) is 11.4 Å². The molecule has 0 spiro atoms. The molecule has 94 valence electrons. The third-order valence-electron chi connectivity index (χ3n) is 2.00. The van der Waals surface area contributed by atoms with Gasteiger partial charge < -0.3 is 10.2 Å². The van der Waals surface area contributed by atoms with Gasteiger partial charge in [0.2, 0.25) is 5.16 Å². The lowest BCUT2D eigenvalue weighted by atomic mass is 10.2. The number of carbonyl (C=O) groups is 1. The first kappa shape index (κ1) is 12.9. The summed E-state index contributed by atoms with van der Waals surface area (Å²) >= 11 is 4.25. The molecule has 0 saturated carbocycles. The quantitative estimate of drug-likeness (QED) is 0.743. The van der Waals surface area contributed by atoms with Crippen molar-refractivity contribution >= 4 is 33.7 Å². The zero-order chi connectivity index (χ0) is 13.1. The molecule has 2 rings (SSSR count). The van der Waals surface area contributed by atoms with E-state index in [1.807, 2.05) is 0 Å². The standard InChI is InChI=1S/C10H8BrN3O3S/c11-5-1-2-6(7(15)3-5)9-12-10(14-13-9)18-4-8(16)17/h1-3,15H,4H2,(H,16,17)(H,12,13,14). The number of phenols is 1. The zero-order valence-electron chi connectivity index (χ0n) is 8.92. The van der Waals surface area contributed by atoms with Crippen LogP contribution in [-0.2, 0) is 4.79 Å². The van der Waals surface area contributed by atoms with Crippen molar-refractivity contribution < 1.29 is 15.0 Å². The van der Waals surface area contributed by atoms with E-state index in [0.717, 1.165) is 16.2 Å². The van der Waals surface area contributed by atoms with Crippen LogP contribution in [0.3, 0.4) is 0 Å². The van der Waals surface area contributed by atoms with Crippen LogP contribution >= 0.6 is 27.7 Å². The molecule has 0 fully saturated rings. The van der Waals surface area contributed by atoms with Gasteiger partial charge in [0.25, 0.3) is 0 Å². The summed E-state index contributed by atoms with van der Waals surface area (Å²) in [5, 5.41) is 25.1. The summed E-state index contributed by atoms with van der Waals surface area (Å²) in [6.07, 6.45) is 0. The Labute approximate surface area is 115 Å². The third kappa shape index (κ3) is 3.02. The number of aromatic amines is 1. The lowest BCUT2D eigenvalue weighted by Gasteiger charge is -2.00. The molecule has 0 aliphatic rings. The predicted octanol–water partition coefficient (Wildman–Crippen LogP) is 2.12. The van der Waals surface area contributed by atoms with Gasteiger partial charge >= 0.3 is 5.97 Å². The Balaban J connectivity index is 2.21. The predicted molar refractivity (Wildman–Crippen MR) is 69.5 cm³/mol. The van der Waals surface area contributed by atoms with Crippen LogP contribution < -0.4 is 0 Å². The maximum Gasteiger partial charge on any atom is 0.313 e. The average Bonchev–Trinajstić information content (AvgIpc) is 2.75. The number of thioether (sulfide) groups is 1. The fourth-order valence-corrected chi connectivity index (χ4v) is 2.13. The van der Waals surface area contributed by atoms with Crippen molar-refractivity contribution in [2.45, 2.75) is 5.16 Å². The van der Waals surface area contributed by atoms with E-state index in [-0.39, 0.29) is 11.5 Å². The Kier molecular flexibility index (Phi) is 3.87. The minimum Gasteiger partial charge on any atom is -0.507 e. The fourth-order valence-electron chi connectivity index (χ4n) is 1.26. The van der Waals surface area contributed by atoms with Gasteiger partial charge in [0, 0.05) is 4.47 Å². The van der Waals surface area contributed by atoms with Crippen LogP contribution in [-0.4, -0.2) is 37.1 Å². The monoisotopic (exact) mass is 329 g/mol. The van der Waals surface area contributed by atoms with Crippen LogP contribution in [0.5, 0.6) is 5.75 Å². The molecule has 0 saturated heterocycles. The summed E-state index contributed by atoms with van der Waals surface area (Å²) in [5.74, 6) is -0.579. The second kappa shape index (κ2) is 5.40. The molecule has 0 aliphatic heterocycles. The second-order valence-corrected chi connectivity index (χ2v) is 5.17. The number of H-pyrrole nitrogens is 1. The molecular weight excluding hydrogens is 322 g/mol. The summed E-state index contributed by atoms with van der Waals surface area (Å²) in [6, 6.07) is 5.00. The summed E-state index contributed by atoms with van der Waals surface area (Å²) in [7, 11) is 0. The molecule has 2 aromatic rings. The normalized spacial score (nSPS) is 10.5. The van der Waals surface area contributed by atoms with Crippen molar-refractivity contribution in [3.63, 3.8) is 0 Å². The molecule has 3 N–H and O–H groups in total. The highest BCUT2D eigenvalue weighted by atomic mass is 79.9. The summed E-state index contributed by atoms with van der Waals surface area (Å²) in [6.45, 7) is 0. The minimum absolute atomic E-state index is 0.0651. The number of aromatic nitrogens is 3. The highest BCUT2D eigenvalue weighted by Crippen LogP contribution is 2.30. The van der Waals surface area contributed by atoms with Gasteiger partial charge in [0.15, 0.2) is 5.82 Å². The lowest BCUT2D eigenvalue weighted by molar-refractivity contribution is -0.133. The van der Waals surface area contributed by atoms with E-state index in [1.165, 1.54) is 0 Å². The molecule has 8 heteroatoms. The van der Waals surface area contributed by atoms with E-state index in [1.54, 1.807) is 18.2 Å². The number of halogens is 1. The number of benzene rings is 1. The van der Waals surface area contributed by atoms with E-state index in [0.29, 0.717) is 16.5 Å². The van der Waals surface area contributed by atoms with Gasteiger partial charge in [-0.3, -0.25) is 9.89 Å². The van der Waals surface area contributed by atoms with Crippen LogP contribution in [0.15, 0.2) is 27.8 Å². The smallest absolute Gasteiger partial charge is 0.313 e. The van der Waals surface area contributed by atoms with Gasteiger partial charge in [-0.2, -0.15) is 0 Å².